The Morgan fingerprint density at radius 3 is 2.45 bits per heavy atom. The second kappa shape index (κ2) is 10.2. The van der Waals surface area contributed by atoms with Crippen molar-refractivity contribution in [2.24, 2.45) is 11.7 Å². The van der Waals surface area contributed by atoms with Gasteiger partial charge in [-0.25, -0.2) is 9.59 Å². The Morgan fingerprint density at radius 2 is 1.82 bits per heavy atom. The third-order valence-electron chi connectivity index (χ3n) is 6.10. The number of carbonyl (C=O) groups is 5. The molecule has 14 heteroatoms. The first-order valence-corrected chi connectivity index (χ1v) is 14.0. The molecule has 1 aromatic carbocycles. The molecule has 5 rings (SSSR count). The van der Waals surface area contributed by atoms with E-state index in [9.17, 15) is 28.8 Å². The lowest BCUT2D eigenvalue weighted by molar-refractivity contribution is -0.135. The van der Waals surface area contributed by atoms with Gasteiger partial charge in [0.15, 0.2) is 0 Å². The summed E-state index contributed by atoms with van der Waals surface area (Å²) < 4.78 is 6.22. The minimum absolute atomic E-state index is 0.240. The Labute approximate surface area is 227 Å². The van der Waals surface area contributed by atoms with Crippen LogP contribution in [-0.2, 0) is 25.7 Å². The summed E-state index contributed by atoms with van der Waals surface area (Å²) in [4.78, 5) is 77.1. The zero-order valence-corrected chi connectivity index (χ0v) is 22.2. The molecule has 2 unspecified atom stereocenters. The topological polar surface area (TPSA) is 158 Å². The van der Waals surface area contributed by atoms with E-state index in [-0.39, 0.29) is 13.2 Å². The maximum atomic E-state index is 13.1. The van der Waals surface area contributed by atoms with Crippen LogP contribution in [0.25, 0.3) is 0 Å². The molecule has 0 aliphatic carbocycles. The summed E-state index contributed by atoms with van der Waals surface area (Å²) in [5.74, 6) is -3.94. The average Bonchev–Trinajstić information content (AvgIpc) is 3.57. The van der Waals surface area contributed by atoms with Crippen LogP contribution in [0.1, 0.15) is 33.0 Å². The molecule has 0 bridgehead atoms. The molecule has 4 heterocycles. The van der Waals surface area contributed by atoms with Crippen molar-refractivity contribution in [3.63, 3.8) is 0 Å². The van der Waals surface area contributed by atoms with Gasteiger partial charge in [-0.2, -0.15) is 4.90 Å². The monoisotopic (exact) mass is 572 g/mol. The second-order valence-corrected chi connectivity index (χ2v) is 11.5. The van der Waals surface area contributed by atoms with Crippen LogP contribution in [0.15, 0.2) is 51.6 Å². The number of hydrogen-bond donors (Lipinski definition) is 2. The van der Waals surface area contributed by atoms with Gasteiger partial charge in [0, 0.05) is 21.4 Å². The Hall–Kier alpha value is -3.75. The normalized spacial score (nSPS) is 20.1. The quantitative estimate of drug-likeness (QED) is 0.337. The average molecular weight is 573 g/mol. The zero-order chi connectivity index (χ0) is 27.1. The summed E-state index contributed by atoms with van der Waals surface area (Å²) in [5.41, 5.74) is 6.07. The van der Waals surface area contributed by atoms with Crippen LogP contribution in [0, 0.1) is 5.92 Å². The van der Waals surface area contributed by atoms with Gasteiger partial charge in [0.2, 0.25) is 11.8 Å². The lowest BCUT2D eigenvalue weighted by Crippen LogP contribution is -2.41. The van der Waals surface area contributed by atoms with Gasteiger partial charge in [0.25, 0.3) is 5.91 Å². The number of aromatic nitrogens is 1. The molecule has 3 N–H and O–H groups in total. The molecular weight excluding hydrogens is 552 g/mol. The number of imide groups is 3. The number of nitrogens with one attached hydrogen (secondary N) is 1. The number of likely N-dealkylation sites (tertiary alicyclic amines) is 1. The molecular formula is C24H20N4O7S3. The van der Waals surface area contributed by atoms with Gasteiger partial charge in [-0.1, -0.05) is 29.2 Å². The molecule has 0 radical (unpaired) electrons. The van der Waals surface area contributed by atoms with Crippen molar-refractivity contribution in [3.8, 4) is 0 Å². The number of ether oxygens (including phenoxy) is 1. The smallest absolute Gasteiger partial charge is 0.338 e. The standard InChI is InChI=1S/C24H20N4O7S3/c1-2-35-22(32)11-5-7-12(8-6-11)26-14(29)10-27-21-18(38-24(27)34)15(13-4-3-9-36-13)16-17(37-21)20(31)28(19(16)30)23(25)33/h3-9,15-17H,2,10H2,1H3,(H2,25,33)(H,26,29)/t15-,16?,17?/m0/s1. The number of carbonyl (C=O) groups excluding carboxylic acids is 5. The van der Waals surface area contributed by atoms with E-state index in [0.29, 0.717) is 26.1 Å². The number of thiophene rings is 1. The van der Waals surface area contributed by atoms with Crippen LogP contribution >= 0.6 is 34.4 Å². The van der Waals surface area contributed by atoms with Crippen molar-refractivity contribution in [3.05, 3.63) is 66.8 Å². The fourth-order valence-electron chi connectivity index (χ4n) is 4.50. The van der Waals surface area contributed by atoms with Crippen molar-refractivity contribution in [2.45, 2.75) is 29.7 Å². The van der Waals surface area contributed by atoms with Crippen molar-refractivity contribution in [2.75, 3.05) is 11.9 Å². The van der Waals surface area contributed by atoms with Crippen LogP contribution < -0.4 is 15.9 Å². The number of nitrogens with zero attached hydrogens (tertiary/aromatic N) is 2. The molecule has 2 aliphatic rings. The number of fused-ring (bicyclic) bond motifs is 2. The van der Waals surface area contributed by atoms with Crippen LogP contribution in [0.4, 0.5) is 10.5 Å². The number of urea groups is 1. The van der Waals surface area contributed by atoms with Crippen molar-refractivity contribution < 1.29 is 28.7 Å². The lowest BCUT2D eigenvalue weighted by Gasteiger charge is -2.29. The highest BCUT2D eigenvalue weighted by Gasteiger charge is 2.58. The molecule has 2 aromatic heterocycles. The number of primary amides is 1. The van der Waals surface area contributed by atoms with Gasteiger partial charge >= 0.3 is 16.9 Å². The Bertz CT molecular complexity index is 1510. The first kappa shape index (κ1) is 25.9. The number of thiazole rings is 1. The van der Waals surface area contributed by atoms with E-state index in [0.717, 1.165) is 28.0 Å². The molecule has 11 nitrogen and oxygen atoms in total. The highest BCUT2D eigenvalue weighted by molar-refractivity contribution is 8.00. The first-order chi connectivity index (χ1) is 18.2. The highest BCUT2D eigenvalue weighted by Crippen LogP contribution is 2.53. The summed E-state index contributed by atoms with van der Waals surface area (Å²) in [6.45, 7) is 1.60. The zero-order valence-electron chi connectivity index (χ0n) is 19.7. The van der Waals surface area contributed by atoms with Crippen molar-refractivity contribution >= 4 is 69.8 Å². The van der Waals surface area contributed by atoms with Gasteiger partial charge in [-0.3, -0.25) is 23.7 Å². The molecule has 2 aliphatic heterocycles. The van der Waals surface area contributed by atoms with Gasteiger partial charge < -0.3 is 15.8 Å². The van der Waals surface area contributed by atoms with Gasteiger partial charge in [0.05, 0.1) is 23.1 Å². The summed E-state index contributed by atoms with van der Waals surface area (Å²) in [6, 6.07) is 8.57. The van der Waals surface area contributed by atoms with Crippen LogP contribution in [-0.4, -0.2) is 51.0 Å². The number of thioether (sulfide) groups is 1. The molecule has 5 amide bonds. The largest absolute Gasteiger partial charge is 0.462 e. The number of rotatable bonds is 6. The minimum Gasteiger partial charge on any atom is -0.462 e. The van der Waals surface area contributed by atoms with E-state index in [1.54, 1.807) is 31.2 Å². The van der Waals surface area contributed by atoms with Crippen molar-refractivity contribution in [1.82, 2.24) is 9.47 Å². The summed E-state index contributed by atoms with van der Waals surface area (Å²) in [7, 11) is 0. The van der Waals surface area contributed by atoms with Gasteiger partial charge in [-0.15, -0.1) is 11.3 Å². The van der Waals surface area contributed by atoms with Crippen LogP contribution in [0.5, 0.6) is 0 Å². The lowest BCUT2D eigenvalue weighted by atomic mass is 9.87. The molecule has 3 aromatic rings. The predicted octanol–water partition coefficient (Wildman–Crippen LogP) is 2.46. The third-order valence-corrected chi connectivity index (χ3v) is 9.66. The number of hydrogen-bond acceptors (Lipinski definition) is 10. The third kappa shape index (κ3) is 4.44. The molecule has 0 saturated carbocycles. The first-order valence-electron chi connectivity index (χ1n) is 11.4. The highest BCUT2D eigenvalue weighted by atomic mass is 32.2. The minimum atomic E-state index is -1.14. The van der Waals surface area contributed by atoms with Crippen LogP contribution in [0.2, 0.25) is 0 Å². The molecule has 1 fully saturated rings. The van der Waals surface area contributed by atoms with E-state index in [4.69, 9.17) is 10.5 Å². The van der Waals surface area contributed by atoms with Crippen molar-refractivity contribution in [1.29, 1.82) is 0 Å². The van der Waals surface area contributed by atoms with Crippen LogP contribution in [0.3, 0.4) is 0 Å². The number of esters is 1. The van der Waals surface area contributed by atoms with Gasteiger partial charge in [-0.05, 0) is 42.6 Å². The summed E-state index contributed by atoms with van der Waals surface area (Å²) >= 11 is 3.27. The maximum absolute atomic E-state index is 13.1. The van der Waals surface area contributed by atoms with E-state index < -0.39 is 51.7 Å². The predicted molar refractivity (Wildman–Crippen MR) is 140 cm³/mol. The van der Waals surface area contributed by atoms with E-state index in [2.05, 4.69) is 5.32 Å². The number of benzene rings is 1. The fraction of sp³-hybridized carbons (Fsp3) is 0.250. The summed E-state index contributed by atoms with van der Waals surface area (Å²) in [5, 5.41) is 3.95. The molecule has 1 saturated heterocycles. The van der Waals surface area contributed by atoms with E-state index >= 15 is 0 Å². The molecule has 196 valence electrons. The number of amides is 5. The SMILES string of the molecule is CCOC(=O)c1ccc(NC(=O)Cn2c3c(sc2=O)[C@@H](c2cccs2)C2C(=O)N(C(N)=O)C(=O)C2S3)cc1. The van der Waals surface area contributed by atoms with E-state index in [1.807, 2.05) is 5.38 Å². The Kier molecular flexibility index (Phi) is 6.94. The molecule has 3 atom stereocenters. The fourth-order valence-corrected chi connectivity index (χ4v) is 8.22. The molecule has 0 spiro atoms. The van der Waals surface area contributed by atoms with Gasteiger partial charge in [0.1, 0.15) is 11.8 Å². The Morgan fingerprint density at radius 1 is 1.08 bits per heavy atom. The molecule has 38 heavy (non-hydrogen) atoms. The maximum Gasteiger partial charge on any atom is 0.338 e. The summed E-state index contributed by atoms with van der Waals surface area (Å²) in [6.07, 6.45) is 0. The van der Waals surface area contributed by atoms with E-state index in [1.165, 1.54) is 28.0 Å². The second-order valence-electron chi connectivity index (χ2n) is 8.38. The Balaban J connectivity index is 1.44. The number of anilines is 1. The number of nitrogens with two attached hydrogens (primary N) is 1.